The lowest BCUT2D eigenvalue weighted by Gasteiger charge is -2.55. The van der Waals surface area contributed by atoms with Gasteiger partial charge in [0.15, 0.2) is 0 Å². The minimum absolute atomic E-state index is 0.0592. The number of benzene rings is 1. The number of carbonyl (C=O) groups excluding carboxylic acids is 1. The molecule has 3 saturated heterocycles. The van der Waals surface area contributed by atoms with Gasteiger partial charge in [-0.1, -0.05) is 13.0 Å². The van der Waals surface area contributed by atoms with Crippen molar-refractivity contribution in [1.82, 2.24) is 19.9 Å². The molecule has 4 aliphatic heterocycles. The van der Waals surface area contributed by atoms with Crippen LogP contribution in [0, 0.1) is 6.92 Å². The summed E-state index contributed by atoms with van der Waals surface area (Å²) in [5.41, 5.74) is 4.13. The smallest absolute Gasteiger partial charge is 0.415 e. The molecule has 1 aromatic carbocycles. The Balaban J connectivity index is 1.13. The number of aryl methyl sites for hydroxylation is 1. The highest BCUT2D eigenvalue weighted by atomic mass is 16.6. The first-order valence-corrected chi connectivity index (χ1v) is 15.2. The predicted molar refractivity (Wildman–Crippen MR) is 167 cm³/mol. The van der Waals surface area contributed by atoms with Crippen molar-refractivity contribution in [3.63, 3.8) is 0 Å². The first kappa shape index (κ1) is 27.8. The lowest BCUT2D eigenvalue weighted by atomic mass is 9.77. The Morgan fingerprint density at radius 3 is 2.51 bits per heavy atom. The number of hydrogen-bond acceptors (Lipinski definition) is 10. The number of hydrogen-bond donors (Lipinski definition) is 2. The summed E-state index contributed by atoms with van der Waals surface area (Å²) in [6.45, 7) is 10.2. The van der Waals surface area contributed by atoms with E-state index in [0.717, 1.165) is 24.3 Å². The number of aliphatic hydroxyl groups excluding tert-OH is 1. The van der Waals surface area contributed by atoms with E-state index in [0.29, 0.717) is 42.1 Å². The summed E-state index contributed by atoms with van der Waals surface area (Å²) >= 11 is 0. The van der Waals surface area contributed by atoms with Gasteiger partial charge in [0.05, 0.1) is 12.6 Å². The first-order valence-electron chi connectivity index (χ1n) is 15.2. The number of pyridine rings is 1. The van der Waals surface area contributed by atoms with Crippen LogP contribution in [0.3, 0.4) is 0 Å². The van der Waals surface area contributed by atoms with E-state index in [-0.39, 0.29) is 12.6 Å². The lowest BCUT2D eigenvalue weighted by Crippen LogP contribution is -2.62. The molecule has 43 heavy (non-hydrogen) atoms. The summed E-state index contributed by atoms with van der Waals surface area (Å²) in [5.74, 6) is 2.33. The summed E-state index contributed by atoms with van der Waals surface area (Å²) in [6.07, 6.45) is 5.15. The van der Waals surface area contributed by atoms with E-state index in [4.69, 9.17) is 14.7 Å². The van der Waals surface area contributed by atoms with Crippen molar-refractivity contribution in [2.24, 2.45) is 0 Å². The maximum absolute atomic E-state index is 12.4. The molecule has 0 saturated carbocycles. The van der Waals surface area contributed by atoms with Crippen molar-refractivity contribution < 1.29 is 14.6 Å². The topological polar surface area (TPSA) is 110 Å². The molecule has 2 atom stereocenters. The van der Waals surface area contributed by atoms with Gasteiger partial charge in [-0.2, -0.15) is 4.98 Å². The van der Waals surface area contributed by atoms with Crippen LogP contribution in [-0.2, 0) is 10.2 Å². The Labute approximate surface area is 252 Å². The summed E-state index contributed by atoms with van der Waals surface area (Å²) in [6, 6.07) is 11.9. The van der Waals surface area contributed by atoms with Gasteiger partial charge in [-0.3, -0.25) is 4.90 Å². The zero-order valence-electron chi connectivity index (χ0n) is 25.4. The number of piperidine rings is 1. The monoisotopic (exact) mass is 584 g/mol. The van der Waals surface area contributed by atoms with Crippen LogP contribution >= 0.6 is 0 Å². The molecule has 3 fully saturated rings. The Morgan fingerprint density at radius 2 is 1.86 bits per heavy atom. The van der Waals surface area contributed by atoms with Gasteiger partial charge in [-0.15, -0.1) is 0 Å². The van der Waals surface area contributed by atoms with Gasteiger partial charge >= 0.3 is 6.09 Å². The lowest BCUT2D eigenvalue weighted by molar-refractivity contribution is -0.00916. The number of nitrogens with zero attached hydrogens (tertiary/aromatic N) is 7. The summed E-state index contributed by atoms with van der Waals surface area (Å²) in [5, 5.41) is 13.8. The van der Waals surface area contributed by atoms with Crippen LogP contribution in [0.5, 0.6) is 0 Å². The second kappa shape index (κ2) is 10.3. The molecule has 2 N–H and O–H groups in total. The minimum atomic E-state index is -0.565. The maximum atomic E-state index is 12.4. The Morgan fingerprint density at radius 1 is 1.09 bits per heavy atom. The van der Waals surface area contributed by atoms with Crippen LogP contribution < -0.4 is 20.0 Å². The average Bonchev–Trinajstić information content (AvgIpc) is 3.51. The standard InChI is InChI=1S/C32H40N8O3/c1-21-16-23(8-9-25(21)38-14-11-32(12-15-38)10-13-37(32)4)34-29-33-17-24-28(36-29)39(19-31(24,3)20-41)26-6-5-7-27(35-26)40-22(2)18-43-30(40)42/h5-9,16-17,22,41H,10-15,18-20H2,1-4H3,(H,33,34,36)/t22-,31-/m0/s1. The fraction of sp³-hybridized carbons (Fsp3) is 0.500. The number of nitrogens with one attached hydrogen (secondary N) is 1. The number of carbonyl (C=O) groups is 1. The Hall–Kier alpha value is -3.96. The van der Waals surface area contributed by atoms with E-state index in [9.17, 15) is 9.90 Å². The molecular formula is C32H40N8O3. The molecule has 6 heterocycles. The number of ether oxygens (including phenoxy) is 1. The summed E-state index contributed by atoms with van der Waals surface area (Å²) in [7, 11) is 2.26. The van der Waals surface area contributed by atoms with Crippen LogP contribution in [0.2, 0.25) is 0 Å². The predicted octanol–water partition coefficient (Wildman–Crippen LogP) is 4.34. The number of likely N-dealkylation sites (tertiary alicyclic amines) is 1. The van der Waals surface area contributed by atoms with E-state index < -0.39 is 11.5 Å². The molecule has 0 unspecified atom stereocenters. The van der Waals surface area contributed by atoms with Crippen molar-refractivity contribution in [1.29, 1.82) is 0 Å². The first-order chi connectivity index (χ1) is 20.7. The van der Waals surface area contributed by atoms with Crippen LogP contribution in [0.4, 0.5) is 39.6 Å². The summed E-state index contributed by atoms with van der Waals surface area (Å²) < 4.78 is 5.21. The molecule has 7 rings (SSSR count). The second-order valence-electron chi connectivity index (χ2n) is 12.9. The zero-order valence-corrected chi connectivity index (χ0v) is 25.4. The van der Waals surface area contributed by atoms with Crippen LogP contribution in [0.1, 0.15) is 44.2 Å². The van der Waals surface area contributed by atoms with Crippen molar-refractivity contribution in [3.8, 4) is 0 Å². The van der Waals surface area contributed by atoms with E-state index in [1.54, 1.807) is 11.1 Å². The highest BCUT2D eigenvalue weighted by Crippen LogP contribution is 2.44. The van der Waals surface area contributed by atoms with Gasteiger partial charge in [0.1, 0.15) is 24.1 Å². The highest BCUT2D eigenvalue weighted by Gasteiger charge is 2.44. The molecule has 2 aromatic heterocycles. The largest absolute Gasteiger partial charge is 0.447 e. The molecule has 1 amide bonds. The number of cyclic esters (lactones) is 1. The van der Waals surface area contributed by atoms with Gasteiger partial charge in [0.2, 0.25) is 5.95 Å². The molecule has 0 aliphatic carbocycles. The van der Waals surface area contributed by atoms with Gasteiger partial charge in [-0.05, 0) is 76.1 Å². The van der Waals surface area contributed by atoms with Gasteiger partial charge in [0.25, 0.3) is 0 Å². The van der Waals surface area contributed by atoms with E-state index >= 15 is 0 Å². The van der Waals surface area contributed by atoms with E-state index in [2.05, 4.69) is 52.3 Å². The van der Waals surface area contributed by atoms with E-state index in [1.807, 2.05) is 36.9 Å². The van der Waals surface area contributed by atoms with Gasteiger partial charge < -0.3 is 29.9 Å². The molecule has 4 aliphatic rings. The van der Waals surface area contributed by atoms with Crippen LogP contribution in [0.15, 0.2) is 42.6 Å². The number of fused-ring (bicyclic) bond motifs is 1. The third kappa shape index (κ3) is 4.65. The number of rotatable bonds is 6. The van der Waals surface area contributed by atoms with Crippen LogP contribution in [0.25, 0.3) is 0 Å². The number of aliphatic hydroxyl groups is 1. The Bertz CT molecular complexity index is 1560. The molecule has 226 valence electrons. The third-order valence-electron chi connectivity index (χ3n) is 10.1. The summed E-state index contributed by atoms with van der Waals surface area (Å²) in [4.78, 5) is 35.3. The molecule has 11 nitrogen and oxygen atoms in total. The molecule has 0 bridgehead atoms. The van der Waals surface area contributed by atoms with Crippen molar-refractivity contribution >= 4 is 40.9 Å². The van der Waals surface area contributed by atoms with Crippen molar-refractivity contribution in [3.05, 3.63) is 53.7 Å². The molecule has 11 heteroatoms. The number of anilines is 6. The van der Waals surface area contributed by atoms with Gasteiger partial charge in [-0.25, -0.2) is 14.8 Å². The SMILES string of the molecule is Cc1cc(Nc2ncc3c(n2)N(c2cccc(N4C(=O)OC[C@@H]4C)n2)C[C@@]3(C)CO)ccc1N1CCC2(CC1)CCN2C. The quantitative estimate of drug-likeness (QED) is 0.434. The molecule has 1 spiro atoms. The maximum Gasteiger partial charge on any atom is 0.415 e. The van der Waals surface area contributed by atoms with Crippen molar-refractivity contribution in [2.45, 2.75) is 57.0 Å². The average molecular weight is 585 g/mol. The highest BCUT2D eigenvalue weighted by molar-refractivity contribution is 5.89. The fourth-order valence-electron chi connectivity index (χ4n) is 7.09. The van der Waals surface area contributed by atoms with Crippen LogP contribution in [-0.4, -0.2) is 89.1 Å². The molecule has 0 radical (unpaired) electrons. The normalized spacial score (nSPS) is 24.7. The van der Waals surface area contributed by atoms with Crippen molar-refractivity contribution in [2.75, 3.05) is 66.5 Å². The Kier molecular flexibility index (Phi) is 6.70. The molecule has 3 aromatic rings. The molecular weight excluding hydrogens is 544 g/mol. The zero-order chi connectivity index (χ0) is 29.9. The number of amides is 1. The second-order valence-corrected chi connectivity index (χ2v) is 12.9. The number of aromatic nitrogens is 3. The van der Waals surface area contributed by atoms with Gasteiger partial charge in [0, 0.05) is 60.3 Å². The third-order valence-corrected chi connectivity index (χ3v) is 10.1. The fourth-order valence-corrected chi connectivity index (χ4v) is 7.09. The van der Waals surface area contributed by atoms with E-state index in [1.165, 1.54) is 37.1 Å². The minimum Gasteiger partial charge on any atom is -0.447 e.